The van der Waals surface area contributed by atoms with Gasteiger partial charge in [0.2, 0.25) is 0 Å². The van der Waals surface area contributed by atoms with Crippen LogP contribution in [-0.2, 0) is 0 Å². The van der Waals surface area contributed by atoms with Crippen LogP contribution in [0, 0.1) is 5.92 Å². The highest BCUT2D eigenvalue weighted by Crippen LogP contribution is 2.07. The number of nitrogens with one attached hydrogen (secondary N) is 1. The Labute approximate surface area is 95.0 Å². The molecule has 1 N–H and O–H groups in total. The zero-order valence-corrected chi connectivity index (χ0v) is 10.4. The maximum Gasteiger partial charge on any atom is 0.0141 e. The van der Waals surface area contributed by atoms with E-state index in [-0.39, 0.29) is 0 Å². The molecule has 1 unspecified atom stereocenters. The summed E-state index contributed by atoms with van der Waals surface area (Å²) < 4.78 is 0. The topological polar surface area (TPSA) is 12.0 Å². The maximum absolute atomic E-state index is 3.29. The van der Waals surface area contributed by atoms with Gasteiger partial charge < -0.3 is 5.32 Å². The van der Waals surface area contributed by atoms with Gasteiger partial charge in [-0.25, -0.2) is 0 Å². The van der Waals surface area contributed by atoms with Gasteiger partial charge in [0, 0.05) is 6.54 Å². The van der Waals surface area contributed by atoms with Gasteiger partial charge in [0.25, 0.3) is 0 Å². The minimum atomic E-state index is 0.866. The average molecular weight is 207 g/mol. The highest BCUT2D eigenvalue weighted by atomic mass is 14.8. The van der Waals surface area contributed by atoms with E-state index in [4.69, 9.17) is 0 Å². The second-order valence-corrected chi connectivity index (χ2v) is 3.88. The molecule has 86 valence electrons. The van der Waals surface area contributed by atoms with Crippen molar-refractivity contribution in [3.05, 3.63) is 36.6 Å². The monoisotopic (exact) mass is 207 g/mol. The van der Waals surface area contributed by atoms with Gasteiger partial charge in [0.15, 0.2) is 0 Å². The molecule has 0 bridgehead atoms. The van der Waals surface area contributed by atoms with E-state index in [9.17, 15) is 0 Å². The lowest BCUT2D eigenvalue weighted by Crippen LogP contribution is -2.07. The van der Waals surface area contributed by atoms with Crippen molar-refractivity contribution >= 4 is 0 Å². The van der Waals surface area contributed by atoms with Gasteiger partial charge in [0.05, 0.1) is 0 Å². The SMILES string of the molecule is C\C=C/C=C\C=C\NCCCC(C)CC. The predicted octanol–water partition coefficient (Wildman–Crippen LogP) is 4.05. The van der Waals surface area contributed by atoms with Crippen LogP contribution in [0.3, 0.4) is 0 Å². The van der Waals surface area contributed by atoms with Gasteiger partial charge in [-0.15, -0.1) is 0 Å². The minimum absolute atomic E-state index is 0.866. The van der Waals surface area contributed by atoms with Gasteiger partial charge >= 0.3 is 0 Å². The van der Waals surface area contributed by atoms with Crippen LogP contribution in [0.4, 0.5) is 0 Å². The molecule has 15 heavy (non-hydrogen) atoms. The normalized spacial score (nSPS) is 14.3. The minimum Gasteiger partial charge on any atom is -0.391 e. The third kappa shape index (κ3) is 10.9. The fourth-order valence-corrected chi connectivity index (χ4v) is 1.20. The van der Waals surface area contributed by atoms with Crippen LogP contribution in [-0.4, -0.2) is 6.54 Å². The summed E-state index contributed by atoms with van der Waals surface area (Å²) in [6.45, 7) is 7.67. The molecule has 0 saturated carbocycles. The second kappa shape index (κ2) is 11.1. The second-order valence-electron chi connectivity index (χ2n) is 3.88. The first-order valence-corrected chi connectivity index (χ1v) is 5.99. The third-order valence-electron chi connectivity index (χ3n) is 2.45. The molecule has 0 saturated heterocycles. The molecule has 0 fully saturated rings. The Balaban J connectivity index is 3.30. The van der Waals surface area contributed by atoms with Gasteiger partial charge in [0.1, 0.15) is 0 Å². The molecule has 0 aliphatic carbocycles. The first-order valence-electron chi connectivity index (χ1n) is 5.99. The Hall–Kier alpha value is -0.980. The number of allylic oxidation sites excluding steroid dienone is 5. The Bertz CT molecular complexity index is 201. The Morgan fingerprint density at radius 1 is 1.13 bits per heavy atom. The molecule has 0 rings (SSSR count). The molecule has 1 nitrogen and oxygen atoms in total. The molecule has 0 aromatic heterocycles. The van der Waals surface area contributed by atoms with Crippen molar-refractivity contribution in [1.82, 2.24) is 5.32 Å². The average Bonchev–Trinajstić information content (AvgIpc) is 2.26. The van der Waals surface area contributed by atoms with Gasteiger partial charge in [-0.3, -0.25) is 0 Å². The Morgan fingerprint density at radius 2 is 1.87 bits per heavy atom. The van der Waals surface area contributed by atoms with E-state index in [0.29, 0.717) is 0 Å². The summed E-state index contributed by atoms with van der Waals surface area (Å²) in [5, 5.41) is 3.29. The molecule has 1 atom stereocenters. The molecule has 1 heteroatoms. The smallest absolute Gasteiger partial charge is 0.0141 e. The fourth-order valence-electron chi connectivity index (χ4n) is 1.20. The van der Waals surface area contributed by atoms with Crippen molar-refractivity contribution in [2.24, 2.45) is 5.92 Å². The molecule has 0 aliphatic rings. The van der Waals surface area contributed by atoms with Gasteiger partial charge in [-0.05, 0) is 38.0 Å². The number of hydrogen-bond donors (Lipinski definition) is 1. The number of hydrogen-bond acceptors (Lipinski definition) is 1. The molecule has 0 radical (unpaired) electrons. The Morgan fingerprint density at radius 3 is 2.53 bits per heavy atom. The van der Waals surface area contributed by atoms with Crippen LogP contribution in [0.1, 0.15) is 40.0 Å². The summed E-state index contributed by atoms with van der Waals surface area (Å²) in [7, 11) is 0. The Kier molecular flexibility index (Phi) is 10.4. The lowest BCUT2D eigenvalue weighted by molar-refractivity contribution is 0.491. The zero-order chi connectivity index (χ0) is 11.4. The van der Waals surface area contributed by atoms with E-state index in [1.807, 2.05) is 43.5 Å². The summed E-state index contributed by atoms with van der Waals surface area (Å²) >= 11 is 0. The lowest BCUT2D eigenvalue weighted by Gasteiger charge is -2.06. The molecule has 0 heterocycles. The van der Waals surface area contributed by atoms with Crippen molar-refractivity contribution in [3.63, 3.8) is 0 Å². The zero-order valence-electron chi connectivity index (χ0n) is 10.4. The van der Waals surface area contributed by atoms with Crippen LogP contribution in [0.5, 0.6) is 0 Å². The first kappa shape index (κ1) is 14.0. The summed E-state index contributed by atoms with van der Waals surface area (Å²) in [6, 6.07) is 0. The van der Waals surface area contributed by atoms with Crippen LogP contribution in [0.15, 0.2) is 36.6 Å². The maximum atomic E-state index is 3.29. The third-order valence-corrected chi connectivity index (χ3v) is 2.45. The van der Waals surface area contributed by atoms with Gasteiger partial charge in [-0.2, -0.15) is 0 Å². The van der Waals surface area contributed by atoms with Gasteiger partial charge in [-0.1, -0.05) is 44.6 Å². The van der Waals surface area contributed by atoms with E-state index in [1.165, 1.54) is 19.3 Å². The van der Waals surface area contributed by atoms with E-state index in [0.717, 1.165) is 12.5 Å². The number of rotatable bonds is 8. The fraction of sp³-hybridized carbons (Fsp3) is 0.571. The predicted molar refractivity (Wildman–Crippen MR) is 69.8 cm³/mol. The lowest BCUT2D eigenvalue weighted by atomic mass is 10.0. The summed E-state index contributed by atoms with van der Waals surface area (Å²) in [4.78, 5) is 0. The molecule has 0 spiro atoms. The molecular weight excluding hydrogens is 182 g/mol. The molecule has 0 aromatic rings. The summed E-state index contributed by atoms with van der Waals surface area (Å²) in [5.41, 5.74) is 0. The first-order chi connectivity index (χ1) is 7.31. The van der Waals surface area contributed by atoms with Crippen molar-refractivity contribution in [1.29, 1.82) is 0 Å². The van der Waals surface area contributed by atoms with Crippen LogP contribution in [0.2, 0.25) is 0 Å². The van der Waals surface area contributed by atoms with Crippen molar-refractivity contribution in [2.45, 2.75) is 40.0 Å². The van der Waals surface area contributed by atoms with Crippen LogP contribution >= 0.6 is 0 Å². The van der Waals surface area contributed by atoms with Crippen LogP contribution in [0.25, 0.3) is 0 Å². The van der Waals surface area contributed by atoms with Crippen molar-refractivity contribution < 1.29 is 0 Å². The largest absolute Gasteiger partial charge is 0.391 e. The van der Waals surface area contributed by atoms with E-state index < -0.39 is 0 Å². The molecule has 0 aromatic carbocycles. The molecular formula is C14H25N. The standard InChI is InChI=1S/C14H25N/c1-4-6-7-8-9-12-15-13-10-11-14(3)5-2/h4,6-9,12,14-15H,5,10-11,13H2,1-3H3/b6-4-,8-7-,12-9+. The van der Waals surface area contributed by atoms with Crippen molar-refractivity contribution in [2.75, 3.05) is 6.54 Å². The van der Waals surface area contributed by atoms with E-state index >= 15 is 0 Å². The highest BCUT2D eigenvalue weighted by molar-refractivity contribution is 5.09. The summed E-state index contributed by atoms with van der Waals surface area (Å²) in [6.07, 6.45) is 16.0. The van der Waals surface area contributed by atoms with E-state index in [1.54, 1.807) is 0 Å². The highest BCUT2D eigenvalue weighted by Gasteiger charge is 1.96. The van der Waals surface area contributed by atoms with Crippen LogP contribution < -0.4 is 5.32 Å². The molecule has 0 aliphatic heterocycles. The van der Waals surface area contributed by atoms with E-state index in [2.05, 4.69) is 19.2 Å². The van der Waals surface area contributed by atoms with Crippen molar-refractivity contribution in [3.8, 4) is 0 Å². The summed E-state index contributed by atoms with van der Waals surface area (Å²) in [5.74, 6) is 0.866. The molecule has 0 amide bonds. The quantitative estimate of drug-likeness (QED) is 0.468.